The number of aromatic nitrogens is 1. The Hall–Kier alpha value is -1.92. The van der Waals surface area contributed by atoms with Crippen molar-refractivity contribution in [2.45, 2.75) is 46.8 Å². The third-order valence-electron chi connectivity index (χ3n) is 3.49. The van der Waals surface area contributed by atoms with Crippen LogP contribution in [-0.2, 0) is 11.3 Å². The fraction of sp³-hybridized carbons (Fsp3) is 0.474. The first-order chi connectivity index (χ1) is 12.0. The van der Waals surface area contributed by atoms with Gasteiger partial charge in [-0.05, 0) is 46.2 Å². The van der Waals surface area contributed by atoms with E-state index >= 15 is 0 Å². The zero-order valence-corrected chi connectivity index (χ0v) is 16.1. The number of rotatable bonds is 9. The monoisotopic (exact) mass is 362 g/mol. The maximum Gasteiger partial charge on any atom is 0.263 e. The molecule has 1 N–H and O–H groups in total. The normalized spacial score (nSPS) is 10.9. The quantitative estimate of drug-likeness (QED) is 0.688. The van der Waals surface area contributed by atoms with Crippen LogP contribution in [0, 0.1) is 13.8 Å². The highest BCUT2D eigenvalue weighted by atomic mass is 32.1. The van der Waals surface area contributed by atoms with E-state index in [1.807, 2.05) is 52.0 Å². The number of ether oxygens (including phenoxy) is 2. The molecule has 0 unspecified atom stereocenters. The minimum absolute atomic E-state index is 0.0823. The molecule has 5 nitrogen and oxygen atoms in total. The Balaban J connectivity index is 1.82. The second-order valence-corrected chi connectivity index (χ2v) is 7.24. The lowest BCUT2D eigenvalue weighted by atomic mass is 10.2. The fourth-order valence-electron chi connectivity index (χ4n) is 2.18. The van der Waals surface area contributed by atoms with Gasteiger partial charge in [0.15, 0.2) is 0 Å². The van der Waals surface area contributed by atoms with Crippen molar-refractivity contribution >= 4 is 17.2 Å². The summed E-state index contributed by atoms with van der Waals surface area (Å²) >= 11 is 1.38. The molecule has 0 atom stereocenters. The minimum atomic E-state index is -0.0823. The molecule has 1 heterocycles. The first-order valence-corrected chi connectivity index (χ1v) is 9.33. The van der Waals surface area contributed by atoms with Crippen LogP contribution < -0.4 is 10.1 Å². The number of nitrogens with zero attached hydrogens (tertiary/aromatic N) is 1. The molecule has 1 aromatic carbocycles. The topological polar surface area (TPSA) is 60.5 Å². The lowest BCUT2D eigenvalue weighted by Crippen LogP contribution is -2.25. The molecule has 0 fully saturated rings. The maximum absolute atomic E-state index is 12.3. The Morgan fingerprint density at radius 3 is 2.64 bits per heavy atom. The molecule has 0 radical (unpaired) electrons. The van der Waals surface area contributed by atoms with Crippen LogP contribution in [0.25, 0.3) is 0 Å². The summed E-state index contributed by atoms with van der Waals surface area (Å²) < 4.78 is 11.2. The van der Waals surface area contributed by atoms with Crippen LogP contribution in [0.5, 0.6) is 5.75 Å². The zero-order valence-electron chi connectivity index (χ0n) is 15.3. The Labute approximate surface area is 153 Å². The van der Waals surface area contributed by atoms with E-state index < -0.39 is 0 Å². The molecule has 0 spiro atoms. The molecule has 1 amide bonds. The van der Waals surface area contributed by atoms with Gasteiger partial charge < -0.3 is 14.8 Å². The average Bonchev–Trinajstić information content (AvgIpc) is 2.94. The Morgan fingerprint density at radius 2 is 1.96 bits per heavy atom. The number of hydrogen-bond donors (Lipinski definition) is 1. The van der Waals surface area contributed by atoms with E-state index in [4.69, 9.17) is 9.47 Å². The predicted octanol–water partition coefficient (Wildman–Crippen LogP) is 3.88. The summed E-state index contributed by atoms with van der Waals surface area (Å²) in [6, 6.07) is 7.87. The minimum Gasteiger partial charge on any atom is -0.486 e. The van der Waals surface area contributed by atoms with Crippen molar-refractivity contribution < 1.29 is 14.3 Å². The van der Waals surface area contributed by atoms with Crippen LogP contribution in [0.15, 0.2) is 24.3 Å². The van der Waals surface area contributed by atoms with Gasteiger partial charge in [0.25, 0.3) is 5.91 Å². The van der Waals surface area contributed by atoms with Crippen LogP contribution in [0.1, 0.15) is 46.2 Å². The summed E-state index contributed by atoms with van der Waals surface area (Å²) in [6.07, 6.45) is 1.01. The highest BCUT2D eigenvalue weighted by molar-refractivity contribution is 7.13. The van der Waals surface area contributed by atoms with Crippen molar-refractivity contribution in [3.05, 3.63) is 45.4 Å². The second-order valence-electron chi connectivity index (χ2n) is 6.15. The van der Waals surface area contributed by atoms with Crippen LogP contribution in [0.2, 0.25) is 0 Å². The number of thiazole rings is 1. The molecule has 0 saturated carbocycles. The molecule has 2 rings (SSSR count). The van der Waals surface area contributed by atoms with Crippen molar-refractivity contribution in [2.24, 2.45) is 0 Å². The van der Waals surface area contributed by atoms with Gasteiger partial charge in [0, 0.05) is 13.2 Å². The van der Waals surface area contributed by atoms with Gasteiger partial charge in [-0.1, -0.05) is 17.7 Å². The van der Waals surface area contributed by atoms with Crippen LogP contribution in [0.4, 0.5) is 0 Å². The highest BCUT2D eigenvalue weighted by Gasteiger charge is 2.15. The van der Waals surface area contributed by atoms with E-state index in [2.05, 4.69) is 10.3 Å². The molecule has 2 aromatic rings. The molecule has 6 heteroatoms. The number of amides is 1. The second kappa shape index (κ2) is 9.53. The number of aryl methyl sites for hydroxylation is 2. The number of benzene rings is 1. The zero-order chi connectivity index (χ0) is 18.2. The van der Waals surface area contributed by atoms with Crippen LogP contribution in [0.3, 0.4) is 0 Å². The van der Waals surface area contributed by atoms with E-state index in [0.29, 0.717) is 24.6 Å². The lowest BCUT2D eigenvalue weighted by Gasteiger charge is -2.07. The summed E-state index contributed by atoms with van der Waals surface area (Å²) in [5, 5.41) is 3.72. The summed E-state index contributed by atoms with van der Waals surface area (Å²) in [4.78, 5) is 17.4. The molecule has 136 valence electrons. The summed E-state index contributed by atoms with van der Waals surface area (Å²) in [5.41, 5.74) is 1.93. The molecule has 0 aliphatic carbocycles. The number of hydrogen-bond acceptors (Lipinski definition) is 5. The van der Waals surface area contributed by atoms with Gasteiger partial charge >= 0.3 is 0 Å². The lowest BCUT2D eigenvalue weighted by molar-refractivity contribution is 0.0757. The van der Waals surface area contributed by atoms with Gasteiger partial charge in [-0.3, -0.25) is 4.79 Å². The van der Waals surface area contributed by atoms with Gasteiger partial charge in [0.1, 0.15) is 22.2 Å². The highest BCUT2D eigenvalue weighted by Crippen LogP contribution is 2.20. The molecule has 25 heavy (non-hydrogen) atoms. The Kier molecular flexibility index (Phi) is 7.40. The fourth-order valence-corrected chi connectivity index (χ4v) is 3.07. The summed E-state index contributed by atoms with van der Waals surface area (Å²) in [5.74, 6) is 0.718. The number of carbonyl (C=O) groups excluding carboxylic acids is 1. The van der Waals surface area contributed by atoms with Gasteiger partial charge in [0.05, 0.1) is 11.8 Å². The molecule has 0 bridgehead atoms. The van der Waals surface area contributed by atoms with Crippen molar-refractivity contribution in [1.82, 2.24) is 10.3 Å². The SMILES string of the molecule is Cc1ccc(OCc2nc(C)c(C(=O)NCCCOC(C)C)s2)cc1. The predicted molar refractivity (Wildman–Crippen MR) is 100 cm³/mol. The van der Waals surface area contributed by atoms with Gasteiger partial charge in [0.2, 0.25) is 0 Å². The van der Waals surface area contributed by atoms with Gasteiger partial charge in [-0.25, -0.2) is 4.98 Å². The van der Waals surface area contributed by atoms with Gasteiger partial charge in [-0.2, -0.15) is 0 Å². The first-order valence-electron chi connectivity index (χ1n) is 8.51. The largest absolute Gasteiger partial charge is 0.486 e. The maximum atomic E-state index is 12.3. The van der Waals surface area contributed by atoms with Crippen molar-refractivity contribution in [3.63, 3.8) is 0 Å². The molecular formula is C19H26N2O3S. The smallest absolute Gasteiger partial charge is 0.263 e. The molecule has 0 saturated heterocycles. The summed E-state index contributed by atoms with van der Waals surface area (Å²) in [6.45, 7) is 9.49. The Bertz CT molecular complexity index is 680. The average molecular weight is 362 g/mol. The molecule has 0 aliphatic rings. The van der Waals surface area contributed by atoms with E-state index in [9.17, 15) is 4.79 Å². The van der Waals surface area contributed by atoms with E-state index in [1.54, 1.807) is 0 Å². The summed E-state index contributed by atoms with van der Waals surface area (Å²) in [7, 11) is 0. The van der Waals surface area contributed by atoms with Crippen LogP contribution in [-0.4, -0.2) is 30.1 Å². The standard InChI is InChI=1S/C19H26N2O3S/c1-13(2)23-11-5-10-20-19(22)18-15(4)21-17(25-18)12-24-16-8-6-14(3)7-9-16/h6-9,13H,5,10-12H2,1-4H3,(H,20,22). The number of carbonyl (C=O) groups is 1. The third-order valence-corrected chi connectivity index (χ3v) is 4.62. The Morgan fingerprint density at radius 1 is 1.24 bits per heavy atom. The van der Waals surface area contributed by atoms with Crippen LogP contribution >= 0.6 is 11.3 Å². The van der Waals surface area contributed by atoms with Gasteiger partial charge in [-0.15, -0.1) is 11.3 Å². The first kappa shape index (κ1) is 19.4. The number of nitrogens with one attached hydrogen (secondary N) is 1. The van der Waals surface area contributed by atoms with E-state index in [0.717, 1.165) is 22.9 Å². The molecular weight excluding hydrogens is 336 g/mol. The third kappa shape index (κ3) is 6.48. The van der Waals surface area contributed by atoms with E-state index in [1.165, 1.54) is 16.9 Å². The molecule has 1 aromatic heterocycles. The van der Waals surface area contributed by atoms with E-state index in [-0.39, 0.29) is 12.0 Å². The van der Waals surface area contributed by atoms with Crippen molar-refractivity contribution in [1.29, 1.82) is 0 Å². The van der Waals surface area contributed by atoms with Crippen molar-refractivity contribution in [2.75, 3.05) is 13.2 Å². The molecule has 0 aliphatic heterocycles. The van der Waals surface area contributed by atoms with Crippen molar-refractivity contribution in [3.8, 4) is 5.75 Å².